The van der Waals surface area contributed by atoms with Crippen LogP contribution in [-0.4, -0.2) is 29.9 Å². The Morgan fingerprint density at radius 2 is 1.69 bits per heavy atom. The lowest BCUT2D eigenvalue weighted by molar-refractivity contribution is -0.137. The van der Waals surface area contributed by atoms with Gasteiger partial charge >= 0.3 is 6.18 Å². The second-order valence-electron chi connectivity index (χ2n) is 8.29. The van der Waals surface area contributed by atoms with Crippen molar-refractivity contribution in [2.75, 3.05) is 18.5 Å². The van der Waals surface area contributed by atoms with Crippen molar-refractivity contribution in [2.45, 2.75) is 32.5 Å². The lowest BCUT2D eigenvalue weighted by atomic mass is 10.1. The third-order valence-corrected chi connectivity index (χ3v) is 5.68. The van der Waals surface area contributed by atoms with E-state index in [9.17, 15) is 22.8 Å². The maximum absolute atomic E-state index is 13.3. The van der Waals surface area contributed by atoms with Crippen LogP contribution in [0.15, 0.2) is 66.7 Å². The van der Waals surface area contributed by atoms with E-state index in [4.69, 9.17) is 9.47 Å². The Morgan fingerprint density at radius 3 is 2.31 bits per heavy atom. The first-order valence-electron chi connectivity index (χ1n) is 11.5. The fraction of sp³-hybridized carbons (Fsp3) is 0.259. The van der Waals surface area contributed by atoms with Crippen LogP contribution in [0.5, 0.6) is 17.2 Å². The first-order chi connectivity index (χ1) is 17.2. The first kappa shape index (κ1) is 25.1. The van der Waals surface area contributed by atoms with E-state index in [1.165, 1.54) is 6.07 Å². The molecule has 2 amide bonds. The highest BCUT2D eigenvalue weighted by molar-refractivity contribution is 6.05. The molecule has 0 radical (unpaired) electrons. The molecule has 1 aliphatic rings. The molecule has 1 fully saturated rings. The van der Waals surface area contributed by atoms with E-state index < -0.39 is 17.6 Å². The third-order valence-electron chi connectivity index (χ3n) is 5.68. The quantitative estimate of drug-likeness (QED) is 0.398. The molecule has 3 aromatic carbocycles. The Morgan fingerprint density at radius 1 is 1.00 bits per heavy atom. The Hall–Kier alpha value is -4.01. The summed E-state index contributed by atoms with van der Waals surface area (Å²) in [6.45, 7) is 3.50. The average molecular weight is 499 g/mol. The molecule has 1 heterocycles. The zero-order valence-electron chi connectivity index (χ0n) is 19.6. The number of carbonyl (C=O) groups excluding carboxylic acids is 2. The molecule has 188 valence electrons. The second-order valence-corrected chi connectivity index (χ2v) is 8.29. The van der Waals surface area contributed by atoms with Gasteiger partial charge in [-0.05, 0) is 73.5 Å². The predicted octanol–water partition coefficient (Wildman–Crippen LogP) is 6.27. The Kier molecular flexibility index (Phi) is 7.47. The van der Waals surface area contributed by atoms with Gasteiger partial charge in [0.1, 0.15) is 11.5 Å². The number of hydrogen-bond donors (Lipinski definition) is 1. The van der Waals surface area contributed by atoms with Crippen LogP contribution in [-0.2, 0) is 17.5 Å². The van der Waals surface area contributed by atoms with Gasteiger partial charge in [-0.2, -0.15) is 13.2 Å². The Labute approximate surface area is 206 Å². The number of amides is 2. The number of halogens is 3. The average Bonchev–Trinajstić information content (AvgIpc) is 3.25. The summed E-state index contributed by atoms with van der Waals surface area (Å²) in [6.07, 6.45) is -3.22. The molecule has 0 saturated carbocycles. The fourth-order valence-electron chi connectivity index (χ4n) is 3.84. The number of benzene rings is 3. The molecule has 0 spiro atoms. The molecule has 1 N–H and O–H groups in total. The Bertz CT molecular complexity index is 1230. The van der Waals surface area contributed by atoms with Gasteiger partial charge in [-0.3, -0.25) is 9.59 Å². The van der Waals surface area contributed by atoms with E-state index in [1.54, 1.807) is 53.4 Å². The summed E-state index contributed by atoms with van der Waals surface area (Å²) >= 11 is 0. The summed E-state index contributed by atoms with van der Waals surface area (Å²) in [7, 11) is 0. The summed E-state index contributed by atoms with van der Waals surface area (Å²) in [4.78, 5) is 26.5. The maximum Gasteiger partial charge on any atom is 0.416 e. The fourth-order valence-corrected chi connectivity index (χ4v) is 3.84. The molecule has 6 nitrogen and oxygen atoms in total. The number of rotatable bonds is 8. The van der Waals surface area contributed by atoms with Crippen molar-refractivity contribution in [3.05, 3.63) is 83.4 Å². The van der Waals surface area contributed by atoms with E-state index >= 15 is 0 Å². The summed E-state index contributed by atoms with van der Waals surface area (Å²) < 4.78 is 51.2. The highest BCUT2D eigenvalue weighted by Gasteiger charge is 2.31. The van der Waals surface area contributed by atoms with Crippen LogP contribution < -0.4 is 14.8 Å². The molecule has 9 heteroatoms. The largest absolute Gasteiger partial charge is 0.494 e. The zero-order valence-corrected chi connectivity index (χ0v) is 19.6. The van der Waals surface area contributed by atoms with Crippen molar-refractivity contribution in [1.82, 2.24) is 4.90 Å². The number of likely N-dealkylation sites (tertiary alicyclic amines) is 1. The van der Waals surface area contributed by atoms with Crippen LogP contribution in [0.3, 0.4) is 0 Å². The number of carbonyl (C=O) groups is 2. The zero-order chi connectivity index (χ0) is 25.7. The standard InChI is InChI=1S/C27H25F3N2O4/c1-2-35-21-10-12-22(13-11-21)36-24-14-9-20(27(28,29)30)16-23(24)31-26(34)19-7-5-18(6-8-19)17-32-15-3-4-25(32)33/h5-14,16H,2-4,15,17H2,1H3,(H,31,34). The van der Waals surface area contributed by atoms with E-state index in [2.05, 4.69) is 5.32 Å². The van der Waals surface area contributed by atoms with E-state index in [-0.39, 0.29) is 22.9 Å². The van der Waals surface area contributed by atoms with Gasteiger partial charge in [0.2, 0.25) is 5.91 Å². The van der Waals surface area contributed by atoms with Crippen LogP contribution in [0.1, 0.15) is 41.3 Å². The number of alkyl halides is 3. The lowest BCUT2D eigenvalue weighted by Gasteiger charge is -2.16. The summed E-state index contributed by atoms with van der Waals surface area (Å²) in [6, 6.07) is 16.1. The lowest BCUT2D eigenvalue weighted by Crippen LogP contribution is -2.23. The number of nitrogens with one attached hydrogen (secondary N) is 1. The van der Waals surface area contributed by atoms with E-state index in [0.717, 1.165) is 24.1 Å². The second kappa shape index (κ2) is 10.7. The third kappa shape index (κ3) is 6.16. The number of hydrogen-bond acceptors (Lipinski definition) is 4. The van der Waals surface area contributed by atoms with Crippen molar-refractivity contribution in [3.63, 3.8) is 0 Å². The molecule has 3 aromatic rings. The molecular weight excluding hydrogens is 473 g/mol. The van der Waals surface area contributed by atoms with Gasteiger partial charge in [-0.1, -0.05) is 12.1 Å². The van der Waals surface area contributed by atoms with Gasteiger partial charge in [-0.25, -0.2) is 0 Å². The van der Waals surface area contributed by atoms with Crippen molar-refractivity contribution in [1.29, 1.82) is 0 Å². The molecule has 0 atom stereocenters. The predicted molar refractivity (Wildman–Crippen MR) is 128 cm³/mol. The van der Waals surface area contributed by atoms with Gasteiger partial charge in [-0.15, -0.1) is 0 Å². The minimum absolute atomic E-state index is 0.0599. The topological polar surface area (TPSA) is 67.9 Å². The highest BCUT2D eigenvalue weighted by Crippen LogP contribution is 2.37. The van der Waals surface area contributed by atoms with Gasteiger partial charge in [0.15, 0.2) is 5.75 Å². The molecule has 0 bridgehead atoms. The molecule has 1 aliphatic heterocycles. The van der Waals surface area contributed by atoms with Gasteiger partial charge in [0, 0.05) is 25.1 Å². The van der Waals surface area contributed by atoms with Crippen molar-refractivity contribution in [2.24, 2.45) is 0 Å². The van der Waals surface area contributed by atoms with Crippen molar-refractivity contribution < 1.29 is 32.2 Å². The molecule has 36 heavy (non-hydrogen) atoms. The molecule has 4 rings (SSSR count). The monoisotopic (exact) mass is 498 g/mol. The molecular formula is C27H25F3N2O4. The minimum atomic E-state index is -4.59. The number of anilines is 1. The molecule has 0 aromatic heterocycles. The molecule has 1 saturated heterocycles. The maximum atomic E-state index is 13.3. The summed E-state index contributed by atoms with van der Waals surface area (Å²) in [5, 5.41) is 2.54. The van der Waals surface area contributed by atoms with Crippen LogP contribution in [0.4, 0.5) is 18.9 Å². The van der Waals surface area contributed by atoms with E-state index in [1.807, 2.05) is 6.92 Å². The molecule has 0 unspecified atom stereocenters. The van der Waals surface area contributed by atoms with Crippen LogP contribution >= 0.6 is 0 Å². The van der Waals surface area contributed by atoms with Gasteiger partial charge in [0.25, 0.3) is 5.91 Å². The van der Waals surface area contributed by atoms with Crippen molar-refractivity contribution >= 4 is 17.5 Å². The van der Waals surface area contributed by atoms with Crippen molar-refractivity contribution in [3.8, 4) is 17.2 Å². The summed E-state index contributed by atoms with van der Waals surface area (Å²) in [5.41, 5.74) is 0.0919. The minimum Gasteiger partial charge on any atom is -0.494 e. The van der Waals surface area contributed by atoms with Crippen LogP contribution in [0.2, 0.25) is 0 Å². The smallest absolute Gasteiger partial charge is 0.416 e. The van der Waals surface area contributed by atoms with Crippen LogP contribution in [0.25, 0.3) is 0 Å². The van der Waals surface area contributed by atoms with E-state index in [0.29, 0.717) is 37.6 Å². The molecule has 0 aliphatic carbocycles. The van der Waals surface area contributed by atoms with Crippen LogP contribution in [0, 0.1) is 0 Å². The van der Waals surface area contributed by atoms with Gasteiger partial charge < -0.3 is 19.7 Å². The normalized spacial score (nSPS) is 13.6. The number of ether oxygens (including phenoxy) is 2. The Balaban J connectivity index is 1.52. The van der Waals surface area contributed by atoms with Gasteiger partial charge in [0.05, 0.1) is 17.9 Å². The summed E-state index contributed by atoms with van der Waals surface area (Å²) in [5.74, 6) is 0.568. The highest BCUT2D eigenvalue weighted by atomic mass is 19.4. The first-order valence-corrected chi connectivity index (χ1v) is 11.5. The number of nitrogens with zero attached hydrogens (tertiary/aromatic N) is 1. The SMILES string of the molecule is CCOc1ccc(Oc2ccc(C(F)(F)F)cc2NC(=O)c2ccc(CN3CCCC3=O)cc2)cc1.